The summed E-state index contributed by atoms with van der Waals surface area (Å²) >= 11 is 8.32. The van der Waals surface area contributed by atoms with Crippen LogP contribution < -0.4 is 10.1 Å². The summed E-state index contributed by atoms with van der Waals surface area (Å²) in [6.07, 6.45) is 1.88. The van der Waals surface area contributed by atoms with Gasteiger partial charge in [-0.05, 0) is 73.1 Å². The molecule has 1 unspecified atom stereocenters. The van der Waals surface area contributed by atoms with E-state index in [2.05, 4.69) is 17.2 Å². The predicted molar refractivity (Wildman–Crippen MR) is 115 cm³/mol. The maximum atomic E-state index is 12.5. The number of hydrogen-bond acceptors (Lipinski definition) is 5. The van der Waals surface area contributed by atoms with Gasteiger partial charge in [-0.15, -0.1) is 0 Å². The van der Waals surface area contributed by atoms with Gasteiger partial charge >= 0.3 is 0 Å². The molecule has 4 nitrogen and oxygen atoms in total. The Morgan fingerprint density at radius 2 is 1.86 bits per heavy atom. The normalized spacial score (nSPS) is 18.4. The van der Waals surface area contributed by atoms with E-state index in [0.29, 0.717) is 24.3 Å². The summed E-state index contributed by atoms with van der Waals surface area (Å²) in [6, 6.07) is 14.8. The van der Waals surface area contributed by atoms with Crippen LogP contribution in [0.2, 0.25) is 5.02 Å². The van der Waals surface area contributed by atoms with E-state index in [1.165, 1.54) is 11.8 Å². The summed E-state index contributed by atoms with van der Waals surface area (Å²) in [5.74, 6) is 6.70. The van der Waals surface area contributed by atoms with Crippen molar-refractivity contribution < 1.29 is 14.3 Å². The second-order valence-corrected chi connectivity index (χ2v) is 9.38. The summed E-state index contributed by atoms with van der Waals surface area (Å²) in [5, 5.41) is 2.78. The van der Waals surface area contributed by atoms with Crippen molar-refractivity contribution in [3.63, 3.8) is 0 Å². The van der Waals surface area contributed by atoms with Crippen LogP contribution in [0, 0.1) is 11.8 Å². The van der Waals surface area contributed by atoms with Gasteiger partial charge in [-0.2, -0.15) is 0 Å². The van der Waals surface area contributed by atoms with Gasteiger partial charge in [-0.3, -0.25) is 14.9 Å². The Bertz CT molecular complexity index is 919. The van der Waals surface area contributed by atoms with Crippen molar-refractivity contribution in [2.75, 3.05) is 7.11 Å². The molecule has 0 aromatic heterocycles. The summed E-state index contributed by atoms with van der Waals surface area (Å²) in [4.78, 5) is 25.2. The molecule has 2 amide bonds. The Balaban J connectivity index is 1.64. The number of hydrogen-bond donors (Lipinski definition) is 1. The number of nitrogens with one attached hydrogen (secondary N) is 1. The Labute approximate surface area is 177 Å². The van der Waals surface area contributed by atoms with Gasteiger partial charge in [0.05, 0.1) is 7.11 Å². The first-order valence-electron chi connectivity index (χ1n) is 8.63. The Morgan fingerprint density at radius 3 is 2.46 bits per heavy atom. The molecule has 2 aromatic carbocycles. The number of unbranched alkanes of at least 4 members (excludes halogenated alkanes) is 1. The smallest absolute Gasteiger partial charge is 0.287 e. The fourth-order valence-electron chi connectivity index (χ4n) is 2.63. The first kappa shape index (κ1) is 20.7. The quantitative estimate of drug-likeness (QED) is 0.494. The van der Waals surface area contributed by atoms with Crippen LogP contribution in [0.4, 0.5) is 4.79 Å². The number of ether oxygens (including phenoxy) is 1. The van der Waals surface area contributed by atoms with Crippen LogP contribution in [0.3, 0.4) is 0 Å². The molecule has 144 valence electrons. The zero-order chi connectivity index (χ0) is 20.0. The van der Waals surface area contributed by atoms with Crippen molar-refractivity contribution in [1.29, 1.82) is 0 Å². The van der Waals surface area contributed by atoms with E-state index >= 15 is 0 Å². The molecule has 1 heterocycles. The number of benzene rings is 2. The monoisotopic (exact) mass is 431 g/mol. The van der Waals surface area contributed by atoms with Crippen molar-refractivity contribution in [1.82, 2.24) is 5.32 Å². The zero-order valence-corrected chi connectivity index (χ0v) is 17.5. The Hall–Kier alpha value is -2.07. The number of thioether (sulfide) groups is 2. The molecule has 28 heavy (non-hydrogen) atoms. The Kier molecular flexibility index (Phi) is 6.95. The van der Waals surface area contributed by atoms with Gasteiger partial charge < -0.3 is 4.74 Å². The fourth-order valence-corrected chi connectivity index (χ4v) is 5.32. The highest BCUT2D eigenvalue weighted by Crippen LogP contribution is 2.49. The van der Waals surface area contributed by atoms with Crippen molar-refractivity contribution in [2.24, 2.45) is 0 Å². The molecule has 1 atom stereocenters. The number of methoxy groups -OCH3 is 1. The van der Waals surface area contributed by atoms with Gasteiger partial charge in [0.25, 0.3) is 11.1 Å². The highest BCUT2D eigenvalue weighted by atomic mass is 35.5. The summed E-state index contributed by atoms with van der Waals surface area (Å²) in [7, 11) is 1.60. The molecular formula is C21H18ClNO3S2. The van der Waals surface area contributed by atoms with Crippen LogP contribution >= 0.6 is 35.1 Å². The molecule has 2 aromatic rings. The highest BCUT2D eigenvalue weighted by Gasteiger charge is 2.48. The number of rotatable bonds is 6. The first-order valence-corrected chi connectivity index (χ1v) is 10.6. The lowest BCUT2D eigenvalue weighted by Crippen LogP contribution is -2.33. The second kappa shape index (κ2) is 9.42. The largest absolute Gasteiger partial charge is 0.497 e. The molecule has 0 saturated carbocycles. The van der Waals surface area contributed by atoms with Crippen LogP contribution in [-0.4, -0.2) is 22.3 Å². The average molecular weight is 432 g/mol. The van der Waals surface area contributed by atoms with E-state index in [9.17, 15) is 9.59 Å². The van der Waals surface area contributed by atoms with Crippen molar-refractivity contribution in [3.8, 4) is 17.6 Å². The molecule has 1 saturated heterocycles. The summed E-state index contributed by atoms with van der Waals surface area (Å²) in [5.41, 5.74) is 0.898. The SMILES string of the molecule is COc1ccc(SC2(CCCC#Cc3ccc(Cl)cc3)SC(=O)NC2=O)cc1. The minimum atomic E-state index is -0.867. The lowest BCUT2D eigenvalue weighted by atomic mass is 10.1. The number of halogens is 1. The molecule has 0 radical (unpaired) electrons. The topological polar surface area (TPSA) is 55.4 Å². The van der Waals surface area contributed by atoms with Gasteiger partial charge in [-0.25, -0.2) is 0 Å². The molecule has 3 rings (SSSR count). The van der Waals surface area contributed by atoms with Gasteiger partial charge in [0.15, 0.2) is 4.08 Å². The average Bonchev–Trinajstić information content (AvgIpc) is 2.96. The van der Waals surface area contributed by atoms with Crippen LogP contribution in [-0.2, 0) is 4.79 Å². The molecule has 1 aliphatic heterocycles. The van der Waals surface area contributed by atoms with Crippen molar-refractivity contribution in [2.45, 2.75) is 28.2 Å². The molecule has 0 aliphatic carbocycles. The molecular weight excluding hydrogens is 414 g/mol. The third-order valence-electron chi connectivity index (χ3n) is 4.05. The highest BCUT2D eigenvalue weighted by molar-refractivity contribution is 8.27. The number of carbonyl (C=O) groups is 2. The van der Waals surface area contributed by atoms with Gasteiger partial charge in [0.2, 0.25) is 0 Å². The van der Waals surface area contributed by atoms with Gasteiger partial charge in [-0.1, -0.05) is 35.2 Å². The van der Waals surface area contributed by atoms with E-state index < -0.39 is 4.08 Å². The van der Waals surface area contributed by atoms with Crippen LogP contribution in [0.1, 0.15) is 24.8 Å². The van der Waals surface area contributed by atoms with Crippen molar-refractivity contribution in [3.05, 3.63) is 59.1 Å². The minimum Gasteiger partial charge on any atom is -0.497 e. The number of imide groups is 1. The third-order valence-corrected chi connectivity index (χ3v) is 7.03. The lowest BCUT2D eigenvalue weighted by Gasteiger charge is -2.23. The summed E-state index contributed by atoms with van der Waals surface area (Å²) < 4.78 is 4.30. The first-order chi connectivity index (χ1) is 13.5. The number of carbonyl (C=O) groups excluding carboxylic acids is 2. The van der Waals surface area contributed by atoms with E-state index in [0.717, 1.165) is 28.0 Å². The fraction of sp³-hybridized carbons (Fsp3) is 0.238. The maximum absolute atomic E-state index is 12.5. The molecule has 1 fully saturated rings. The van der Waals surface area contributed by atoms with Crippen LogP contribution in [0.15, 0.2) is 53.4 Å². The Morgan fingerprint density at radius 1 is 1.14 bits per heavy atom. The lowest BCUT2D eigenvalue weighted by molar-refractivity contribution is -0.119. The summed E-state index contributed by atoms with van der Waals surface area (Å²) in [6.45, 7) is 0. The standard InChI is InChI=1S/C21H18ClNO3S2/c1-26-17-10-12-18(13-11-17)27-21(19(24)23-20(25)28-21)14-4-2-3-5-15-6-8-16(22)9-7-15/h6-13H,2,4,14H2,1H3,(H,23,24,25). The van der Waals surface area contributed by atoms with Gasteiger partial charge in [0, 0.05) is 21.9 Å². The maximum Gasteiger partial charge on any atom is 0.287 e. The van der Waals surface area contributed by atoms with Crippen LogP contribution in [0.25, 0.3) is 0 Å². The molecule has 0 bridgehead atoms. The predicted octanol–water partition coefficient (Wildman–Crippen LogP) is 5.34. The van der Waals surface area contributed by atoms with E-state index in [4.69, 9.17) is 16.3 Å². The molecule has 7 heteroatoms. The molecule has 1 aliphatic rings. The molecule has 1 N–H and O–H groups in total. The number of amides is 2. The van der Waals surface area contributed by atoms with Crippen LogP contribution in [0.5, 0.6) is 5.75 Å². The second-order valence-electron chi connectivity index (χ2n) is 6.04. The van der Waals surface area contributed by atoms with E-state index in [-0.39, 0.29) is 11.1 Å². The van der Waals surface area contributed by atoms with Crippen molar-refractivity contribution >= 4 is 46.3 Å². The third kappa shape index (κ3) is 5.26. The van der Waals surface area contributed by atoms with E-state index in [1.807, 2.05) is 36.4 Å². The van der Waals surface area contributed by atoms with E-state index in [1.54, 1.807) is 19.2 Å². The zero-order valence-electron chi connectivity index (χ0n) is 15.2. The van der Waals surface area contributed by atoms with Gasteiger partial charge in [0.1, 0.15) is 5.75 Å². The molecule has 0 spiro atoms. The minimum absolute atomic E-state index is 0.256.